The summed E-state index contributed by atoms with van der Waals surface area (Å²) in [5, 5.41) is 2.58. The summed E-state index contributed by atoms with van der Waals surface area (Å²) in [5.74, 6) is -0.493. The lowest BCUT2D eigenvalue weighted by Crippen LogP contribution is -2.14. The third-order valence-electron chi connectivity index (χ3n) is 3.55. The van der Waals surface area contributed by atoms with Crippen LogP contribution in [0.3, 0.4) is 0 Å². The molecule has 3 aromatic carbocycles. The van der Waals surface area contributed by atoms with Crippen LogP contribution in [0.1, 0.15) is 15.9 Å². The fourth-order valence-corrected chi connectivity index (χ4v) is 2.65. The first-order valence-electron chi connectivity index (χ1n) is 7.65. The maximum atomic E-state index is 13.8. The van der Waals surface area contributed by atoms with E-state index in [4.69, 9.17) is 4.74 Å². The number of para-hydroxylation sites is 1. The summed E-state index contributed by atoms with van der Waals surface area (Å²) in [7, 11) is 0. The molecule has 0 spiro atoms. The summed E-state index contributed by atoms with van der Waals surface area (Å²) < 4.78 is 20.3. The number of hydrogen-bond donors (Lipinski definition) is 1. The van der Waals surface area contributed by atoms with Crippen molar-refractivity contribution in [2.24, 2.45) is 0 Å². The van der Waals surface area contributed by atoms with E-state index < -0.39 is 11.7 Å². The standard InChI is InChI=1S/C20H15BrFNO2/c21-15-10-11-19(25-13-14-6-2-1-3-7-14)16(12-15)20(24)23-18-9-5-4-8-17(18)22/h1-12H,13H2,(H,23,24). The number of carbonyl (C=O) groups excluding carboxylic acids is 1. The number of nitrogens with one attached hydrogen (secondary N) is 1. The maximum absolute atomic E-state index is 13.8. The van der Waals surface area contributed by atoms with Gasteiger partial charge in [0.1, 0.15) is 18.2 Å². The molecule has 126 valence electrons. The first-order chi connectivity index (χ1) is 12.1. The quantitative estimate of drug-likeness (QED) is 0.621. The summed E-state index contributed by atoms with van der Waals surface area (Å²) in [6, 6.07) is 20.8. The second kappa shape index (κ2) is 7.94. The number of carbonyl (C=O) groups is 1. The molecule has 0 aliphatic heterocycles. The second-order valence-corrected chi connectivity index (χ2v) is 6.26. The molecule has 0 heterocycles. The average molecular weight is 400 g/mol. The molecular formula is C20H15BrFNO2. The van der Waals surface area contributed by atoms with E-state index in [9.17, 15) is 9.18 Å². The highest BCUT2D eigenvalue weighted by molar-refractivity contribution is 9.10. The minimum atomic E-state index is -0.488. The Morgan fingerprint density at radius 3 is 2.48 bits per heavy atom. The van der Waals surface area contributed by atoms with Crippen LogP contribution < -0.4 is 10.1 Å². The lowest BCUT2D eigenvalue weighted by Gasteiger charge is -2.13. The van der Waals surface area contributed by atoms with Crippen molar-refractivity contribution in [3.63, 3.8) is 0 Å². The SMILES string of the molecule is O=C(Nc1ccccc1F)c1cc(Br)ccc1OCc1ccccc1. The predicted octanol–water partition coefficient (Wildman–Crippen LogP) is 5.42. The molecule has 0 fully saturated rings. The van der Waals surface area contributed by atoms with Crippen molar-refractivity contribution in [3.8, 4) is 5.75 Å². The van der Waals surface area contributed by atoms with Gasteiger partial charge in [-0.1, -0.05) is 58.4 Å². The molecule has 5 heteroatoms. The number of hydrogen-bond acceptors (Lipinski definition) is 2. The number of rotatable bonds is 5. The third kappa shape index (κ3) is 4.45. The maximum Gasteiger partial charge on any atom is 0.259 e. The molecule has 25 heavy (non-hydrogen) atoms. The van der Waals surface area contributed by atoms with Crippen molar-refractivity contribution >= 4 is 27.5 Å². The summed E-state index contributed by atoms with van der Waals surface area (Å²) in [5.41, 5.74) is 1.45. The van der Waals surface area contributed by atoms with Gasteiger partial charge in [-0.15, -0.1) is 0 Å². The van der Waals surface area contributed by atoms with Gasteiger partial charge in [0.15, 0.2) is 0 Å². The Kier molecular flexibility index (Phi) is 5.46. The smallest absolute Gasteiger partial charge is 0.259 e. The van der Waals surface area contributed by atoms with E-state index in [1.807, 2.05) is 30.3 Å². The van der Waals surface area contributed by atoms with E-state index in [-0.39, 0.29) is 5.69 Å². The molecular weight excluding hydrogens is 385 g/mol. The predicted molar refractivity (Wildman–Crippen MR) is 99.3 cm³/mol. The minimum absolute atomic E-state index is 0.126. The number of benzene rings is 3. The van der Waals surface area contributed by atoms with Gasteiger partial charge in [-0.05, 0) is 35.9 Å². The fourth-order valence-electron chi connectivity index (χ4n) is 2.29. The molecule has 0 aromatic heterocycles. The zero-order chi connectivity index (χ0) is 17.6. The first kappa shape index (κ1) is 17.2. The summed E-state index contributed by atoms with van der Waals surface area (Å²) in [6.45, 7) is 0.336. The van der Waals surface area contributed by atoms with Crippen LogP contribution in [0.5, 0.6) is 5.75 Å². The minimum Gasteiger partial charge on any atom is -0.488 e. The summed E-state index contributed by atoms with van der Waals surface area (Å²) in [4.78, 5) is 12.6. The van der Waals surface area contributed by atoms with Crippen LogP contribution in [0.25, 0.3) is 0 Å². The average Bonchev–Trinajstić information content (AvgIpc) is 2.63. The molecule has 0 saturated carbocycles. The summed E-state index contributed by atoms with van der Waals surface area (Å²) in [6.07, 6.45) is 0. The highest BCUT2D eigenvalue weighted by Crippen LogP contribution is 2.25. The van der Waals surface area contributed by atoms with Crippen LogP contribution in [-0.2, 0) is 6.61 Å². The van der Waals surface area contributed by atoms with Crippen LogP contribution >= 0.6 is 15.9 Å². The van der Waals surface area contributed by atoms with Gasteiger partial charge in [0.05, 0.1) is 11.3 Å². The zero-order valence-electron chi connectivity index (χ0n) is 13.2. The Bertz CT molecular complexity index is 884. The van der Waals surface area contributed by atoms with E-state index in [1.54, 1.807) is 30.3 Å². The second-order valence-electron chi connectivity index (χ2n) is 5.35. The van der Waals surface area contributed by atoms with Crippen LogP contribution in [0, 0.1) is 5.82 Å². The molecule has 0 bridgehead atoms. The molecule has 0 atom stereocenters. The van der Waals surface area contributed by atoms with Gasteiger partial charge in [0.25, 0.3) is 5.91 Å². The Balaban J connectivity index is 1.81. The van der Waals surface area contributed by atoms with Gasteiger partial charge >= 0.3 is 0 Å². The van der Waals surface area contributed by atoms with Gasteiger partial charge in [0, 0.05) is 4.47 Å². The molecule has 0 aliphatic rings. The van der Waals surface area contributed by atoms with Crippen LogP contribution in [0.4, 0.5) is 10.1 Å². The normalized spacial score (nSPS) is 10.3. The number of halogens is 2. The largest absolute Gasteiger partial charge is 0.488 e. The molecule has 0 aliphatic carbocycles. The van der Waals surface area contributed by atoms with Crippen molar-refractivity contribution < 1.29 is 13.9 Å². The number of anilines is 1. The molecule has 3 rings (SSSR count). The van der Waals surface area contributed by atoms with Crippen molar-refractivity contribution in [2.45, 2.75) is 6.61 Å². The van der Waals surface area contributed by atoms with Crippen LogP contribution in [0.15, 0.2) is 77.3 Å². The van der Waals surface area contributed by atoms with Gasteiger partial charge in [-0.3, -0.25) is 4.79 Å². The first-order valence-corrected chi connectivity index (χ1v) is 8.45. The van der Waals surface area contributed by atoms with Crippen molar-refractivity contribution in [1.29, 1.82) is 0 Å². The van der Waals surface area contributed by atoms with E-state index in [1.165, 1.54) is 12.1 Å². The van der Waals surface area contributed by atoms with E-state index in [0.29, 0.717) is 17.9 Å². The van der Waals surface area contributed by atoms with Gasteiger partial charge in [-0.25, -0.2) is 4.39 Å². The van der Waals surface area contributed by atoms with Crippen LogP contribution in [-0.4, -0.2) is 5.91 Å². The number of amides is 1. The van der Waals surface area contributed by atoms with Crippen molar-refractivity contribution in [1.82, 2.24) is 0 Å². The topological polar surface area (TPSA) is 38.3 Å². The van der Waals surface area contributed by atoms with Crippen molar-refractivity contribution in [2.75, 3.05) is 5.32 Å². The number of ether oxygens (including phenoxy) is 1. The molecule has 3 aromatic rings. The van der Waals surface area contributed by atoms with E-state index in [0.717, 1.165) is 10.0 Å². The lowest BCUT2D eigenvalue weighted by molar-refractivity contribution is 0.102. The van der Waals surface area contributed by atoms with E-state index in [2.05, 4.69) is 21.2 Å². The monoisotopic (exact) mass is 399 g/mol. The Morgan fingerprint density at radius 2 is 1.72 bits per heavy atom. The fraction of sp³-hybridized carbons (Fsp3) is 0.0500. The molecule has 0 saturated heterocycles. The lowest BCUT2D eigenvalue weighted by atomic mass is 10.1. The third-order valence-corrected chi connectivity index (χ3v) is 4.04. The molecule has 1 amide bonds. The van der Waals surface area contributed by atoms with Gasteiger partial charge in [0.2, 0.25) is 0 Å². The highest BCUT2D eigenvalue weighted by atomic mass is 79.9. The summed E-state index contributed by atoms with van der Waals surface area (Å²) >= 11 is 3.35. The Labute approximate surface area is 153 Å². The molecule has 0 unspecified atom stereocenters. The Hall–Kier alpha value is -2.66. The Morgan fingerprint density at radius 1 is 1.00 bits per heavy atom. The highest BCUT2D eigenvalue weighted by Gasteiger charge is 2.15. The van der Waals surface area contributed by atoms with E-state index >= 15 is 0 Å². The van der Waals surface area contributed by atoms with Gasteiger partial charge in [-0.2, -0.15) is 0 Å². The molecule has 0 radical (unpaired) electrons. The molecule has 3 nitrogen and oxygen atoms in total. The van der Waals surface area contributed by atoms with Crippen molar-refractivity contribution in [3.05, 3.63) is 94.2 Å². The van der Waals surface area contributed by atoms with Crippen LogP contribution in [0.2, 0.25) is 0 Å². The zero-order valence-corrected chi connectivity index (χ0v) is 14.8. The molecule has 1 N–H and O–H groups in total. The van der Waals surface area contributed by atoms with Gasteiger partial charge < -0.3 is 10.1 Å².